The van der Waals surface area contributed by atoms with Crippen molar-refractivity contribution in [1.82, 2.24) is 8.61 Å². The number of hydrogen-bond donors (Lipinski definition) is 5. The molecule has 4 aromatic rings. The van der Waals surface area contributed by atoms with Crippen molar-refractivity contribution in [3.8, 4) is 0 Å². The largest absolute Gasteiger partial charge is 0.392 e. The molecule has 6 N–H and O–H groups in total. The predicted octanol–water partition coefficient (Wildman–Crippen LogP) is 6.30. The zero-order valence-corrected chi connectivity index (χ0v) is 36.6. The van der Waals surface area contributed by atoms with Crippen LogP contribution in [0.15, 0.2) is 70.5 Å². The van der Waals surface area contributed by atoms with Gasteiger partial charge in [-0.1, -0.05) is 34.8 Å². The van der Waals surface area contributed by atoms with Gasteiger partial charge < -0.3 is 26.6 Å². The minimum Gasteiger partial charge on any atom is -0.392 e. The van der Waals surface area contributed by atoms with Gasteiger partial charge >= 0.3 is 0 Å². The number of benzene rings is 4. The number of nitrogens with zero attached hydrogens (tertiary/aromatic N) is 4. The van der Waals surface area contributed by atoms with E-state index in [9.17, 15) is 83.2 Å². The lowest BCUT2D eigenvalue weighted by Crippen LogP contribution is -2.53. The molecule has 2 aliphatic heterocycles. The molecule has 2 aliphatic rings. The van der Waals surface area contributed by atoms with Crippen LogP contribution in [0.3, 0.4) is 0 Å². The number of piperidine rings is 2. The third-order valence-corrected chi connectivity index (χ3v) is 14.5. The number of aliphatic hydroxyl groups is 2. The van der Waals surface area contributed by atoms with Crippen LogP contribution in [-0.4, -0.2) is 108 Å². The van der Waals surface area contributed by atoms with Crippen molar-refractivity contribution < 1.29 is 72.8 Å². The number of halogens is 9. The molecule has 19 nitrogen and oxygen atoms in total. The third kappa shape index (κ3) is 11.1. The van der Waals surface area contributed by atoms with Crippen LogP contribution in [-0.2, 0) is 20.0 Å². The first-order valence-corrected chi connectivity index (χ1v) is 22.2. The van der Waals surface area contributed by atoms with E-state index in [0.717, 1.165) is 36.4 Å². The Hall–Kier alpha value is -5.39. The minimum atomic E-state index is -4.83. The fraction of sp³-hybridized carbons (Fsp3) is 0.278. The lowest BCUT2D eigenvalue weighted by molar-refractivity contribution is -0.385. The van der Waals surface area contributed by atoms with Crippen molar-refractivity contribution in [3.05, 3.63) is 119 Å². The Labute approximate surface area is 383 Å². The van der Waals surface area contributed by atoms with Crippen molar-refractivity contribution in [2.45, 2.75) is 46.7 Å². The number of nitro groups is 2. The van der Waals surface area contributed by atoms with Gasteiger partial charge in [0.1, 0.15) is 44.3 Å². The van der Waals surface area contributed by atoms with Crippen LogP contribution in [0.4, 0.5) is 54.8 Å². The normalized spacial score (nSPS) is 18.7. The first kappa shape index (κ1) is 51.6. The van der Waals surface area contributed by atoms with Gasteiger partial charge in [-0.2, -0.15) is 8.61 Å². The number of carbonyl (C=O) groups is 2. The summed E-state index contributed by atoms with van der Waals surface area (Å²) in [5.74, 6) is -11.1. The molecule has 2 unspecified atom stereocenters. The van der Waals surface area contributed by atoms with E-state index in [2.05, 4.69) is 10.6 Å². The van der Waals surface area contributed by atoms with E-state index >= 15 is 0 Å². The summed E-state index contributed by atoms with van der Waals surface area (Å²) in [6.07, 6.45) is -5.29. The second kappa shape index (κ2) is 19.4. The molecule has 2 saturated heterocycles. The highest BCUT2D eigenvalue weighted by atomic mass is 35.5. The lowest BCUT2D eigenvalue weighted by atomic mass is 10.1. The maximum atomic E-state index is 13.9. The summed E-state index contributed by atoms with van der Waals surface area (Å²) < 4.78 is 135. The molecule has 0 radical (unpaired) electrons. The van der Waals surface area contributed by atoms with E-state index in [1.807, 2.05) is 0 Å². The molecule has 2 heterocycles. The van der Waals surface area contributed by atoms with Crippen molar-refractivity contribution >= 4 is 95.1 Å². The first-order valence-electron chi connectivity index (χ1n) is 18.2. The van der Waals surface area contributed by atoms with Crippen molar-refractivity contribution in [3.63, 3.8) is 0 Å². The highest BCUT2D eigenvalue weighted by Crippen LogP contribution is 2.39. The van der Waals surface area contributed by atoms with Crippen LogP contribution in [0.1, 0.15) is 33.6 Å². The van der Waals surface area contributed by atoms with E-state index in [4.69, 9.17) is 40.5 Å². The average molecular weight is 1040 g/mol. The number of sulfonamides is 2. The summed E-state index contributed by atoms with van der Waals surface area (Å²) in [5, 5.41) is 44.6. The molecule has 0 aliphatic carbocycles. The molecule has 30 heteroatoms. The zero-order chi connectivity index (χ0) is 49.4. The second-order valence-electron chi connectivity index (χ2n) is 14.2. The summed E-state index contributed by atoms with van der Waals surface area (Å²) in [7, 11) is -9.65. The average Bonchev–Trinajstić information content (AvgIpc) is 3.22. The molecule has 2 atom stereocenters. The molecule has 0 bridgehead atoms. The van der Waals surface area contributed by atoms with Gasteiger partial charge in [0.05, 0.1) is 33.0 Å². The van der Waals surface area contributed by atoms with Crippen LogP contribution >= 0.6 is 34.8 Å². The Morgan fingerprint density at radius 3 is 1.44 bits per heavy atom. The molecule has 0 spiro atoms. The van der Waals surface area contributed by atoms with Gasteiger partial charge in [-0.05, 0) is 61.4 Å². The minimum absolute atomic E-state index is 0.0000505. The van der Waals surface area contributed by atoms with Gasteiger partial charge in [0.25, 0.3) is 35.0 Å². The summed E-state index contributed by atoms with van der Waals surface area (Å²) in [5.41, 5.74) is 1.84. The summed E-state index contributed by atoms with van der Waals surface area (Å²) in [6.45, 7) is -3.77. The van der Waals surface area contributed by atoms with Gasteiger partial charge in [0.2, 0.25) is 20.0 Å². The maximum absolute atomic E-state index is 13.9. The lowest BCUT2D eigenvalue weighted by Gasteiger charge is -2.35. The summed E-state index contributed by atoms with van der Waals surface area (Å²) in [6, 6.07) is 9.12. The molecule has 0 saturated carbocycles. The fourth-order valence-electron chi connectivity index (χ4n) is 6.18. The monoisotopic (exact) mass is 1040 g/mol. The predicted molar refractivity (Wildman–Crippen MR) is 223 cm³/mol. The maximum Gasteiger partial charge on any atom is 0.294 e. The van der Waals surface area contributed by atoms with E-state index in [1.54, 1.807) is 0 Å². The number of rotatable bonds is 10. The third-order valence-electron chi connectivity index (χ3n) is 9.70. The highest BCUT2D eigenvalue weighted by Gasteiger charge is 2.49. The molecule has 356 valence electrons. The topological polar surface area (TPSA) is 286 Å². The standard InChI is InChI=1S/C18H14Cl2F3N3O6S.C18H16ClF3N4O6S/c19-11-7-10(1-2-12(11)21)24-17(28)9-5-13(26(29)30)16(20)14(6-9)33(31,32)25-4-3-15(27)18(22,23)8-25;19-11-7-10(1-2-12(11)20)24-17(28)9-5-13(26(29)30)16(23)14(6-9)33(31,32)25-4-3-15(27)18(21,22)8-25/h1-2,5-7,15,27H,3-4,8H2,(H,24,28);1-2,5-7,15,27H,3-4,8,23H2,(H,24,28). The molecular formula is C36H30Cl3F6N7O12S2. The number of hydrogen-bond acceptors (Lipinski definition) is 13. The number of aliphatic hydroxyl groups excluding tert-OH is 2. The summed E-state index contributed by atoms with van der Waals surface area (Å²) in [4.78, 5) is 44.1. The Bertz CT molecular complexity index is 2680. The summed E-state index contributed by atoms with van der Waals surface area (Å²) >= 11 is 17.2. The molecule has 6 rings (SSSR count). The number of alkyl halides is 4. The van der Waals surface area contributed by atoms with Crippen LogP contribution in [0.5, 0.6) is 0 Å². The highest BCUT2D eigenvalue weighted by molar-refractivity contribution is 7.89. The quantitative estimate of drug-likeness (QED) is 0.0506. The molecule has 4 aromatic carbocycles. The van der Waals surface area contributed by atoms with Gasteiger partial charge in [0.15, 0.2) is 0 Å². The van der Waals surface area contributed by atoms with Crippen LogP contribution in [0.2, 0.25) is 15.1 Å². The van der Waals surface area contributed by atoms with Crippen LogP contribution in [0.25, 0.3) is 0 Å². The first-order chi connectivity index (χ1) is 30.5. The van der Waals surface area contributed by atoms with Crippen molar-refractivity contribution in [2.75, 3.05) is 42.5 Å². The Morgan fingerprint density at radius 1 is 0.682 bits per heavy atom. The number of nitrogens with two attached hydrogens (primary N) is 1. The number of nitrogen functional groups attached to an aromatic ring is 1. The molecular weight excluding hydrogens is 1010 g/mol. The van der Waals surface area contributed by atoms with Gasteiger partial charge in [-0.25, -0.2) is 43.2 Å². The van der Waals surface area contributed by atoms with E-state index in [1.165, 1.54) is 0 Å². The van der Waals surface area contributed by atoms with Gasteiger partial charge in [0, 0.05) is 47.7 Å². The molecule has 0 aromatic heterocycles. The number of nitrogens with one attached hydrogen (secondary N) is 2. The van der Waals surface area contributed by atoms with Gasteiger partial charge in [-0.15, -0.1) is 0 Å². The number of nitro benzene ring substituents is 2. The molecule has 2 amide bonds. The van der Waals surface area contributed by atoms with E-state index in [0.29, 0.717) is 32.9 Å². The van der Waals surface area contributed by atoms with Gasteiger partial charge in [-0.3, -0.25) is 29.8 Å². The zero-order valence-electron chi connectivity index (χ0n) is 32.7. The van der Waals surface area contributed by atoms with Crippen molar-refractivity contribution in [2.24, 2.45) is 0 Å². The van der Waals surface area contributed by atoms with E-state index in [-0.39, 0.29) is 21.4 Å². The Kier molecular flexibility index (Phi) is 15.2. The second-order valence-corrected chi connectivity index (χ2v) is 19.2. The number of anilines is 3. The number of amides is 2. The van der Waals surface area contributed by atoms with Crippen molar-refractivity contribution in [1.29, 1.82) is 0 Å². The van der Waals surface area contributed by atoms with Crippen LogP contribution < -0.4 is 16.4 Å². The molecule has 66 heavy (non-hydrogen) atoms. The molecule has 2 fully saturated rings. The smallest absolute Gasteiger partial charge is 0.294 e. The Morgan fingerprint density at radius 2 is 1.06 bits per heavy atom. The van der Waals surface area contributed by atoms with E-state index < -0.39 is 159 Å². The fourth-order valence-corrected chi connectivity index (χ4v) is 10.2. The Balaban J connectivity index is 0.000000247. The SMILES string of the molecule is Nc1c([N+](=O)[O-])cc(C(=O)Nc2ccc(F)c(Cl)c2)cc1S(=O)(=O)N1CCC(O)C(F)(F)C1.O=C(Nc1ccc(F)c(Cl)c1)c1cc([N+](=O)[O-])c(Cl)c(S(=O)(=O)N2CCC(O)C(F)(F)C2)c1. The van der Waals surface area contributed by atoms with Crippen LogP contribution in [0, 0.1) is 31.9 Å². The number of carbonyl (C=O) groups excluding carboxylic acids is 2.